The highest BCUT2D eigenvalue weighted by Gasteiger charge is 2.08. The van der Waals surface area contributed by atoms with Gasteiger partial charge >= 0.3 is 0 Å². The molecule has 1 amide bonds. The number of carbonyl (C=O) groups is 1. The highest BCUT2D eigenvalue weighted by Crippen LogP contribution is 2.13. The van der Waals surface area contributed by atoms with Crippen LogP contribution in [0.15, 0.2) is 70.3 Å². The Morgan fingerprint density at radius 2 is 1.81 bits per heavy atom. The van der Waals surface area contributed by atoms with Crippen molar-refractivity contribution >= 4 is 41.5 Å². The van der Waals surface area contributed by atoms with Crippen molar-refractivity contribution < 1.29 is 9.21 Å². The zero-order chi connectivity index (χ0) is 21.3. The van der Waals surface area contributed by atoms with Gasteiger partial charge < -0.3 is 20.4 Å². The lowest BCUT2D eigenvalue weighted by atomic mass is 10.1. The maximum atomic E-state index is 12.0. The molecule has 0 spiro atoms. The van der Waals surface area contributed by atoms with Gasteiger partial charge in [0.15, 0.2) is 11.7 Å². The fourth-order valence-corrected chi connectivity index (χ4v) is 3.03. The summed E-state index contributed by atoms with van der Waals surface area (Å²) in [5.41, 5.74) is 5.55. The first-order valence-corrected chi connectivity index (χ1v) is 10.1. The molecule has 3 aromatic rings. The van der Waals surface area contributed by atoms with Crippen LogP contribution in [0.1, 0.15) is 39.7 Å². The van der Waals surface area contributed by atoms with E-state index < -0.39 is 0 Å². The fourth-order valence-electron chi connectivity index (χ4n) is 3.03. The van der Waals surface area contributed by atoms with Gasteiger partial charge in [-0.05, 0) is 61.7 Å². The van der Waals surface area contributed by atoms with Crippen LogP contribution in [0.2, 0.25) is 0 Å². The highest BCUT2D eigenvalue weighted by atomic mass is 127. The Kier molecular flexibility index (Phi) is 9.58. The predicted octanol–water partition coefficient (Wildman–Crippen LogP) is 5.02. The highest BCUT2D eigenvalue weighted by molar-refractivity contribution is 14.0. The number of aryl methyl sites for hydroxylation is 2. The van der Waals surface area contributed by atoms with Crippen LogP contribution in [0.3, 0.4) is 0 Å². The van der Waals surface area contributed by atoms with Crippen LogP contribution in [-0.4, -0.2) is 18.4 Å². The number of benzene rings is 2. The Labute approximate surface area is 200 Å². The molecule has 7 heteroatoms. The molecule has 1 aromatic heterocycles. The molecular weight excluding hydrogens is 503 g/mol. The molecule has 0 saturated carbocycles. The van der Waals surface area contributed by atoms with Gasteiger partial charge in [-0.3, -0.25) is 4.79 Å². The lowest BCUT2D eigenvalue weighted by Crippen LogP contribution is -2.36. The summed E-state index contributed by atoms with van der Waals surface area (Å²) in [6.07, 6.45) is 1.48. The lowest BCUT2D eigenvalue weighted by Gasteiger charge is -2.13. The average Bonchev–Trinajstić information content (AvgIpc) is 3.27. The normalized spacial score (nSPS) is 10.9. The molecule has 31 heavy (non-hydrogen) atoms. The second kappa shape index (κ2) is 12.1. The molecule has 3 N–H and O–H groups in total. The van der Waals surface area contributed by atoms with E-state index in [1.807, 2.05) is 31.2 Å². The van der Waals surface area contributed by atoms with Crippen molar-refractivity contribution in [2.45, 2.75) is 33.9 Å². The van der Waals surface area contributed by atoms with Crippen LogP contribution < -0.4 is 16.0 Å². The molecule has 0 aliphatic rings. The first-order valence-electron chi connectivity index (χ1n) is 10.1. The van der Waals surface area contributed by atoms with Gasteiger partial charge in [0.25, 0.3) is 5.91 Å². The van der Waals surface area contributed by atoms with Crippen molar-refractivity contribution in [2.75, 3.05) is 11.9 Å². The number of nitrogens with one attached hydrogen (secondary N) is 3. The topological polar surface area (TPSA) is 78.7 Å². The van der Waals surface area contributed by atoms with E-state index in [9.17, 15) is 4.79 Å². The fraction of sp³-hybridized carbons (Fsp3) is 0.250. The molecule has 0 fully saturated rings. The number of guanidine groups is 1. The summed E-state index contributed by atoms with van der Waals surface area (Å²) in [7, 11) is 0. The molecule has 164 valence electrons. The summed E-state index contributed by atoms with van der Waals surface area (Å²) in [5, 5.41) is 9.48. The molecule has 0 aliphatic heterocycles. The Bertz CT molecular complexity index is 999. The van der Waals surface area contributed by atoms with Gasteiger partial charge in [-0.25, -0.2) is 4.99 Å². The molecule has 0 unspecified atom stereocenters. The lowest BCUT2D eigenvalue weighted by molar-refractivity contribution is 0.0996. The third-order valence-corrected chi connectivity index (χ3v) is 4.67. The number of nitrogens with zero attached hydrogens (tertiary/aromatic N) is 1. The van der Waals surface area contributed by atoms with Gasteiger partial charge in [-0.15, -0.1) is 24.0 Å². The van der Waals surface area contributed by atoms with E-state index in [1.165, 1.54) is 23.0 Å². The standard InChI is InChI=1S/C24H28N4O2.HI/c1-4-25-24(27-16-20-10-7-17(2)14-18(20)3)26-15-19-8-11-21(12-9-19)28-23(29)22-6-5-13-30-22;/h5-14H,4,15-16H2,1-3H3,(H,28,29)(H2,25,26,27);1H. The third-order valence-electron chi connectivity index (χ3n) is 4.67. The minimum absolute atomic E-state index is 0. The molecule has 1 heterocycles. The number of amides is 1. The van der Waals surface area contributed by atoms with Crippen molar-refractivity contribution in [1.82, 2.24) is 10.6 Å². The van der Waals surface area contributed by atoms with E-state index in [1.54, 1.807) is 12.1 Å². The number of hydrogen-bond donors (Lipinski definition) is 3. The van der Waals surface area contributed by atoms with Crippen LogP contribution in [0.5, 0.6) is 0 Å². The van der Waals surface area contributed by atoms with Gasteiger partial charge in [-0.2, -0.15) is 0 Å². The van der Waals surface area contributed by atoms with E-state index in [-0.39, 0.29) is 35.6 Å². The molecule has 0 atom stereocenters. The maximum absolute atomic E-state index is 12.0. The molecule has 0 radical (unpaired) electrons. The van der Waals surface area contributed by atoms with Crippen LogP contribution in [0, 0.1) is 13.8 Å². The summed E-state index contributed by atoms with van der Waals surface area (Å²) in [5.74, 6) is 0.789. The second-order valence-corrected chi connectivity index (χ2v) is 7.11. The average molecular weight is 532 g/mol. The largest absolute Gasteiger partial charge is 0.459 e. The molecule has 0 saturated heterocycles. The van der Waals surface area contributed by atoms with Gasteiger partial charge in [0.1, 0.15) is 0 Å². The number of hydrogen-bond acceptors (Lipinski definition) is 3. The summed E-state index contributed by atoms with van der Waals surface area (Å²) in [4.78, 5) is 16.7. The minimum Gasteiger partial charge on any atom is -0.459 e. The predicted molar refractivity (Wildman–Crippen MR) is 136 cm³/mol. The van der Waals surface area contributed by atoms with E-state index >= 15 is 0 Å². The van der Waals surface area contributed by atoms with Gasteiger partial charge in [0, 0.05) is 18.8 Å². The SMILES string of the molecule is CCNC(=NCc1ccc(NC(=O)c2ccco2)cc1)NCc1ccc(C)cc1C.I. The minimum atomic E-state index is -0.268. The Morgan fingerprint density at radius 3 is 2.45 bits per heavy atom. The van der Waals surface area contributed by atoms with E-state index in [4.69, 9.17) is 4.42 Å². The number of furan rings is 1. The zero-order valence-electron chi connectivity index (χ0n) is 18.1. The second-order valence-electron chi connectivity index (χ2n) is 7.11. The summed E-state index contributed by atoms with van der Waals surface area (Å²) >= 11 is 0. The molecule has 6 nitrogen and oxygen atoms in total. The van der Waals surface area contributed by atoms with Gasteiger partial charge in [0.2, 0.25) is 0 Å². The van der Waals surface area contributed by atoms with Crippen molar-refractivity contribution in [3.8, 4) is 0 Å². The van der Waals surface area contributed by atoms with Crippen molar-refractivity contribution in [3.63, 3.8) is 0 Å². The number of anilines is 1. The van der Waals surface area contributed by atoms with Crippen LogP contribution in [0.25, 0.3) is 0 Å². The first kappa shape index (κ1) is 24.5. The van der Waals surface area contributed by atoms with Crippen molar-refractivity contribution in [3.05, 3.63) is 88.9 Å². The van der Waals surface area contributed by atoms with Crippen LogP contribution in [0.4, 0.5) is 5.69 Å². The van der Waals surface area contributed by atoms with E-state index in [2.05, 4.69) is 53.0 Å². The van der Waals surface area contributed by atoms with E-state index in [0.717, 1.165) is 24.6 Å². The number of rotatable bonds is 7. The monoisotopic (exact) mass is 532 g/mol. The molecule has 0 aliphatic carbocycles. The summed E-state index contributed by atoms with van der Waals surface area (Å²) in [6.45, 7) is 8.31. The number of halogens is 1. The van der Waals surface area contributed by atoms with Crippen LogP contribution >= 0.6 is 24.0 Å². The van der Waals surface area contributed by atoms with Gasteiger partial charge in [0.05, 0.1) is 12.8 Å². The van der Waals surface area contributed by atoms with Crippen molar-refractivity contribution in [2.24, 2.45) is 4.99 Å². The smallest absolute Gasteiger partial charge is 0.291 e. The Hall–Kier alpha value is -2.81. The Morgan fingerprint density at radius 1 is 1.03 bits per heavy atom. The van der Waals surface area contributed by atoms with E-state index in [0.29, 0.717) is 12.2 Å². The first-order chi connectivity index (χ1) is 14.5. The zero-order valence-corrected chi connectivity index (χ0v) is 20.4. The Balaban J connectivity index is 0.00000341. The maximum Gasteiger partial charge on any atom is 0.291 e. The van der Waals surface area contributed by atoms with Gasteiger partial charge in [-0.1, -0.05) is 35.9 Å². The number of carbonyl (C=O) groups excluding carboxylic acids is 1. The summed E-state index contributed by atoms with van der Waals surface area (Å²) in [6, 6.07) is 17.4. The number of aliphatic imine (C=N–C) groups is 1. The molecular formula is C24H29IN4O2. The quantitative estimate of drug-likeness (QED) is 0.227. The molecule has 3 rings (SSSR count). The molecule has 0 bridgehead atoms. The summed E-state index contributed by atoms with van der Waals surface area (Å²) < 4.78 is 5.10. The van der Waals surface area contributed by atoms with Crippen LogP contribution in [-0.2, 0) is 13.1 Å². The molecule has 2 aromatic carbocycles. The van der Waals surface area contributed by atoms with Crippen molar-refractivity contribution in [1.29, 1.82) is 0 Å². The third kappa shape index (κ3) is 7.43.